The van der Waals surface area contributed by atoms with Crippen molar-refractivity contribution in [1.82, 2.24) is 14.8 Å². The summed E-state index contributed by atoms with van der Waals surface area (Å²) in [6, 6.07) is 4.36. The maximum absolute atomic E-state index is 12.3. The van der Waals surface area contributed by atoms with Crippen LogP contribution in [0.4, 0.5) is 0 Å². The summed E-state index contributed by atoms with van der Waals surface area (Å²) in [5.74, 6) is 1.44. The average Bonchev–Trinajstić information content (AvgIpc) is 3.17. The van der Waals surface area contributed by atoms with Gasteiger partial charge in [-0.3, -0.25) is 14.8 Å². The summed E-state index contributed by atoms with van der Waals surface area (Å²) < 4.78 is 24.6. The van der Waals surface area contributed by atoms with Crippen molar-refractivity contribution in [2.24, 2.45) is 5.92 Å². The van der Waals surface area contributed by atoms with E-state index in [1.165, 1.54) is 31.2 Å². The molecule has 1 aromatic rings. The van der Waals surface area contributed by atoms with Crippen molar-refractivity contribution < 1.29 is 8.42 Å². The monoisotopic (exact) mass is 349 g/mol. The number of hydrogen-bond donors (Lipinski definition) is 0. The van der Waals surface area contributed by atoms with Gasteiger partial charge in [0.1, 0.15) is 0 Å². The Balaban J connectivity index is 1.49. The number of nitrogens with zero attached hydrogens (tertiary/aromatic N) is 3. The predicted octanol–water partition coefficient (Wildman–Crippen LogP) is 1.55. The van der Waals surface area contributed by atoms with Gasteiger partial charge in [0.15, 0.2) is 9.84 Å². The quantitative estimate of drug-likeness (QED) is 0.826. The van der Waals surface area contributed by atoms with E-state index < -0.39 is 9.84 Å². The molecule has 1 aromatic heterocycles. The number of piperazine rings is 1. The molecule has 5 nitrogen and oxygen atoms in total. The van der Waals surface area contributed by atoms with Gasteiger partial charge in [-0.1, -0.05) is 18.9 Å². The molecule has 3 fully saturated rings. The summed E-state index contributed by atoms with van der Waals surface area (Å²) in [6.45, 7) is 3.85. The Labute approximate surface area is 145 Å². The zero-order chi connectivity index (χ0) is 16.6. The maximum atomic E-state index is 12.3. The fourth-order valence-corrected chi connectivity index (χ4v) is 6.81. The first-order valence-electron chi connectivity index (χ1n) is 9.18. The Morgan fingerprint density at radius 3 is 2.50 bits per heavy atom. The van der Waals surface area contributed by atoms with Crippen molar-refractivity contribution >= 4 is 9.84 Å². The molecule has 0 amide bonds. The van der Waals surface area contributed by atoms with Crippen molar-refractivity contribution in [3.05, 3.63) is 30.1 Å². The molecule has 0 spiro atoms. The van der Waals surface area contributed by atoms with E-state index >= 15 is 0 Å². The molecule has 0 bridgehead atoms. The van der Waals surface area contributed by atoms with Gasteiger partial charge in [-0.05, 0) is 30.4 Å². The average molecular weight is 350 g/mol. The van der Waals surface area contributed by atoms with E-state index in [4.69, 9.17) is 0 Å². The van der Waals surface area contributed by atoms with Gasteiger partial charge in [0, 0.05) is 50.7 Å². The van der Waals surface area contributed by atoms with Crippen molar-refractivity contribution in [3.63, 3.8) is 0 Å². The Hall–Kier alpha value is -0.980. The first-order valence-corrected chi connectivity index (χ1v) is 11.0. The van der Waals surface area contributed by atoms with Gasteiger partial charge >= 0.3 is 0 Å². The highest BCUT2D eigenvalue weighted by molar-refractivity contribution is 7.91. The maximum Gasteiger partial charge on any atom is 0.153 e. The summed E-state index contributed by atoms with van der Waals surface area (Å²) >= 11 is 0. The van der Waals surface area contributed by atoms with E-state index in [1.54, 1.807) is 6.20 Å². The van der Waals surface area contributed by atoms with Crippen molar-refractivity contribution in [1.29, 1.82) is 0 Å². The van der Waals surface area contributed by atoms with E-state index in [9.17, 15) is 8.42 Å². The van der Waals surface area contributed by atoms with Gasteiger partial charge in [-0.25, -0.2) is 8.42 Å². The van der Waals surface area contributed by atoms with Crippen molar-refractivity contribution in [2.75, 3.05) is 31.1 Å². The molecule has 3 aliphatic rings. The molecule has 2 aliphatic heterocycles. The van der Waals surface area contributed by atoms with E-state index in [1.807, 2.05) is 12.3 Å². The zero-order valence-corrected chi connectivity index (χ0v) is 15.0. The van der Waals surface area contributed by atoms with E-state index in [2.05, 4.69) is 20.9 Å². The molecule has 3 heterocycles. The lowest BCUT2D eigenvalue weighted by Gasteiger charge is -2.44. The van der Waals surface area contributed by atoms with Crippen LogP contribution in [0.1, 0.15) is 31.2 Å². The molecule has 132 valence electrons. The van der Waals surface area contributed by atoms with Gasteiger partial charge in [0.05, 0.1) is 11.5 Å². The summed E-state index contributed by atoms with van der Waals surface area (Å²) in [4.78, 5) is 9.06. The van der Waals surface area contributed by atoms with E-state index in [0.29, 0.717) is 11.5 Å². The van der Waals surface area contributed by atoms with Gasteiger partial charge in [-0.2, -0.15) is 0 Å². The predicted molar refractivity (Wildman–Crippen MR) is 94.4 cm³/mol. The molecule has 1 aliphatic carbocycles. The molecule has 2 saturated heterocycles. The Kier molecular flexibility index (Phi) is 4.62. The molecular formula is C18H27N3O2S. The number of pyridine rings is 1. The standard InChI is InChI=1S/C18H27N3O2S/c22-24(23)13-17-18(14-24)21(12-16-6-3-7-19-10-16)9-8-20(17)11-15-4-1-2-5-15/h3,6-7,10,15,17-18H,1-2,4-5,8-9,11-14H2/t17-,18+/m0/s1. The van der Waals surface area contributed by atoms with E-state index in [-0.39, 0.29) is 12.1 Å². The lowest BCUT2D eigenvalue weighted by atomic mass is 10.0. The Morgan fingerprint density at radius 2 is 1.79 bits per heavy atom. The van der Waals surface area contributed by atoms with Crippen LogP contribution >= 0.6 is 0 Å². The van der Waals surface area contributed by atoms with Crippen LogP contribution in [0.25, 0.3) is 0 Å². The highest BCUT2D eigenvalue weighted by atomic mass is 32.2. The summed E-state index contributed by atoms with van der Waals surface area (Å²) in [6.07, 6.45) is 9.01. The first-order chi connectivity index (χ1) is 11.6. The second kappa shape index (κ2) is 6.73. The Bertz CT molecular complexity index is 658. The van der Waals surface area contributed by atoms with Crippen molar-refractivity contribution in [2.45, 2.75) is 44.3 Å². The summed E-state index contributed by atoms with van der Waals surface area (Å²) in [5.41, 5.74) is 1.17. The van der Waals surface area contributed by atoms with Crippen LogP contribution < -0.4 is 0 Å². The van der Waals surface area contributed by atoms with E-state index in [0.717, 1.165) is 32.1 Å². The minimum Gasteiger partial charge on any atom is -0.296 e. The SMILES string of the molecule is O=S1(=O)C[C@@H]2[C@H](C1)N(CC1CCCC1)CCN2Cc1cccnc1. The summed E-state index contributed by atoms with van der Waals surface area (Å²) in [7, 11) is -2.92. The number of sulfone groups is 1. The zero-order valence-electron chi connectivity index (χ0n) is 14.2. The van der Waals surface area contributed by atoms with Gasteiger partial charge in [0.2, 0.25) is 0 Å². The number of fused-ring (bicyclic) bond motifs is 1. The third kappa shape index (κ3) is 3.51. The smallest absolute Gasteiger partial charge is 0.153 e. The van der Waals surface area contributed by atoms with Crippen LogP contribution in [0.3, 0.4) is 0 Å². The molecule has 0 unspecified atom stereocenters. The summed E-state index contributed by atoms with van der Waals surface area (Å²) in [5, 5.41) is 0. The highest BCUT2D eigenvalue weighted by Crippen LogP contribution is 2.32. The van der Waals surface area contributed by atoms with Crippen LogP contribution in [0, 0.1) is 5.92 Å². The highest BCUT2D eigenvalue weighted by Gasteiger charge is 2.46. The minimum atomic E-state index is -2.92. The molecule has 0 N–H and O–H groups in total. The number of aromatic nitrogens is 1. The van der Waals surface area contributed by atoms with Crippen LogP contribution in [-0.2, 0) is 16.4 Å². The second-order valence-electron chi connectivity index (χ2n) is 7.69. The molecule has 0 radical (unpaired) electrons. The van der Waals surface area contributed by atoms with Gasteiger partial charge < -0.3 is 0 Å². The number of hydrogen-bond acceptors (Lipinski definition) is 5. The van der Waals surface area contributed by atoms with Crippen LogP contribution in [-0.4, -0.2) is 66.4 Å². The molecule has 1 saturated carbocycles. The second-order valence-corrected chi connectivity index (χ2v) is 9.84. The molecular weight excluding hydrogens is 322 g/mol. The fourth-order valence-electron chi connectivity index (χ4n) is 4.77. The lowest BCUT2D eigenvalue weighted by molar-refractivity contribution is 0.0313. The third-order valence-corrected chi connectivity index (χ3v) is 7.68. The van der Waals surface area contributed by atoms with Crippen molar-refractivity contribution in [3.8, 4) is 0 Å². The molecule has 2 atom stereocenters. The Morgan fingerprint density at radius 1 is 1.08 bits per heavy atom. The van der Waals surface area contributed by atoms with Gasteiger partial charge in [-0.15, -0.1) is 0 Å². The van der Waals surface area contributed by atoms with Gasteiger partial charge in [0.25, 0.3) is 0 Å². The van der Waals surface area contributed by atoms with Crippen LogP contribution in [0.15, 0.2) is 24.5 Å². The van der Waals surface area contributed by atoms with Crippen LogP contribution in [0.5, 0.6) is 0 Å². The molecule has 6 heteroatoms. The largest absolute Gasteiger partial charge is 0.296 e. The van der Waals surface area contributed by atoms with Crippen LogP contribution in [0.2, 0.25) is 0 Å². The lowest BCUT2D eigenvalue weighted by Crippen LogP contribution is -2.59. The normalized spacial score (nSPS) is 31.3. The number of rotatable bonds is 4. The topological polar surface area (TPSA) is 53.5 Å². The molecule has 24 heavy (non-hydrogen) atoms. The first kappa shape index (κ1) is 16.5. The minimum absolute atomic E-state index is 0.144. The third-order valence-electron chi connectivity index (χ3n) is 5.98. The fraction of sp³-hybridized carbons (Fsp3) is 0.722. The molecule has 0 aromatic carbocycles. The molecule has 4 rings (SSSR count).